The number of hydrogen-bond acceptors (Lipinski definition) is 3. The van der Waals surface area contributed by atoms with Crippen molar-refractivity contribution in [1.29, 1.82) is 0 Å². The van der Waals surface area contributed by atoms with Crippen LogP contribution in [0, 0.1) is 0 Å². The Balaban J connectivity index is 1.43. The third-order valence-corrected chi connectivity index (χ3v) is 6.12. The molecule has 0 aliphatic carbocycles. The first-order chi connectivity index (χ1) is 15.6. The maximum absolute atomic E-state index is 13.3. The van der Waals surface area contributed by atoms with Gasteiger partial charge < -0.3 is 20.1 Å². The highest BCUT2D eigenvalue weighted by Crippen LogP contribution is 2.35. The van der Waals surface area contributed by atoms with Gasteiger partial charge in [0.15, 0.2) is 0 Å². The van der Waals surface area contributed by atoms with Gasteiger partial charge in [0.25, 0.3) is 5.91 Å². The number of amides is 1. The van der Waals surface area contributed by atoms with Crippen molar-refractivity contribution < 1.29 is 14.6 Å². The van der Waals surface area contributed by atoms with E-state index in [1.54, 1.807) is 0 Å². The number of carbonyl (C=O) groups is 1. The smallest absolute Gasteiger partial charge is 0.255 e. The molecule has 0 bridgehead atoms. The summed E-state index contributed by atoms with van der Waals surface area (Å²) in [6.07, 6.45) is 3.20. The fourth-order valence-corrected chi connectivity index (χ4v) is 4.49. The van der Waals surface area contributed by atoms with Crippen molar-refractivity contribution >= 4 is 28.4 Å². The van der Waals surface area contributed by atoms with Crippen LogP contribution in [0.3, 0.4) is 0 Å². The second-order valence-corrected chi connectivity index (χ2v) is 8.47. The Bertz CT molecular complexity index is 1300. The van der Waals surface area contributed by atoms with Gasteiger partial charge >= 0.3 is 0 Å². The Morgan fingerprint density at radius 2 is 2.00 bits per heavy atom. The van der Waals surface area contributed by atoms with E-state index in [1.807, 2.05) is 60.8 Å². The average molecular weight is 447 g/mol. The van der Waals surface area contributed by atoms with Crippen molar-refractivity contribution in [2.24, 2.45) is 0 Å². The van der Waals surface area contributed by atoms with Crippen molar-refractivity contribution in [3.8, 4) is 16.9 Å². The number of aromatic nitrogens is 1. The Kier molecular flexibility index (Phi) is 5.60. The number of aliphatic hydroxyl groups is 1. The molecule has 32 heavy (non-hydrogen) atoms. The molecule has 5 nitrogen and oxygen atoms in total. The molecule has 0 fully saturated rings. The van der Waals surface area contributed by atoms with Gasteiger partial charge in [0.05, 0.1) is 24.8 Å². The number of aromatic amines is 1. The first-order valence-electron chi connectivity index (χ1n) is 10.6. The van der Waals surface area contributed by atoms with Gasteiger partial charge in [0.2, 0.25) is 0 Å². The molecule has 0 spiro atoms. The molecule has 1 amide bonds. The standard InChI is InChI=1S/C26H23ClN2O3/c27-20-5-3-4-16(11-20)18-10-17-8-9-32-25(17)23(13-18)26(31)29-21(15-30)12-19-14-28-24-7-2-1-6-22(19)24/h1-7,10-11,13-14,21,28,30H,8-9,12,15H2,(H,29,31)/t21-/m1/s1. The maximum atomic E-state index is 13.3. The number of ether oxygens (including phenoxy) is 1. The lowest BCUT2D eigenvalue weighted by molar-refractivity contribution is 0.0913. The number of nitrogens with one attached hydrogen (secondary N) is 2. The highest BCUT2D eigenvalue weighted by molar-refractivity contribution is 6.30. The number of carbonyl (C=O) groups excluding carboxylic acids is 1. The SMILES string of the molecule is O=C(N[C@@H](CO)Cc1c[nH]c2ccccc12)c1cc(-c2cccc(Cl)c2)cc2c1OCC2. The fourth-order valence-electron chi connectivity index (χ4n) is 4.30. The molecule has 0 saturated carbocycles. The molecule has 4 aromatic rings. The molecule has 1 aliphatic heterocycles. The maximum Gasteiger partial charge on any atom is 0.255 e. The lowest BCUT2D eigenvalue weighted by Gasteiger charge is -2.18. The van der Waals surface area contributed by atoms with E-state index in [0.29, 0.717) is 29.4 Å². The van der Waals surface area contributed by atoms with E-state index in [0.717, 1.165) is 39.6 Å². The van der Waals surface area contributed by atoms with E-state index >= 15 is 0 Å². The van der Waals surface area contributed by atoms with Gasteiger partial charge in [-0.1, -0.05) is 41.9 Å². The second kappa shape index (κ2) is 8.69. The van der Waals surface area contributed by atoms with Crippen molar-refractivity contribution in [1.82, 2.24) is 10.3 Å². The number of hydrogen-bond donors (Lipinski definition) is 3. The molecule has 1 aromatic heterocycles. The third-order valence-electron chi connectivity index (χ3n) is 5.88. The Hall–Kier alpha value is -3.28. The first kappa shape index (κ1) is 20.6. The van der Waals surface area contributed by atoms with Gasteiger partial charge in [-0.15, -0.1) is 0 Å². The van der Waals surface area contributed by atoms with Crippen LogP contribution in [-0.4, -0.2) is 35.3 Å². The summed E-state index contributed by atoms with van der Waals surface area (Å²) < 4.78 is 5.79. The van der Waals surface area contributed by atoms with Gasteiger partial charge in [-0.3, -0.25) is 4.79 Å². The highest BCUT2D eigenvalue weighted by atomic mass is 35.5. The molecular weight excluding hydrogens is 424 g/mol. The van der Waals surface area contributed by atoms with E-state index in [2.05, 4.69) is 16.4 Å². The van der Waals surface area contributed by atoms with Crippen molar-refractivity contribution in [2.45, 2.75) is 18.9 Å². The normalized spacial score (nSPS) is 13.6. The summed E-state index contributed by atoms with van der Waals surface area (Å²) in [7, 11) is 0. The molecule has 1 aliphatic rings. The van der Waals surface area contributed by atoms with Crippen LogP contribution in [0.1, 0.15) is 21.5 Å². The molecule has 2 heterocycles. The summed E-state index contributed by atoms with van der Waals surface area (Å²) in [6, 6.07) is 19.0. The monoisotopic (exact) mass is 446 g/mol. The van der Waals surface area contributed by atoms with Crippen LogP contribution in [0.25, 0.3) is 22.0 Å². The zero-order valence-corrected chi connectivity index (χ0v) is 18.2. The highest BCUT2D eigenvalue weighted by Gasteiger charge is 2.24. The zero-order valence-electron chi connectivity index (χ0n) is 17.4. The minimum Gasteiger partial charge on any atom is -0.492 e. The molecule has 1 atom stereocenters. The number of fused-ring (bicyclic) bond motifs is 2. The lowest BCUT2D eigenvalue weighted by Crippen LogP contribution is -2.39. The molecule has 3 aromatic carbocycles. The quantitative estimate of drug-likeness (QED) is 0.400. The number of benzene rings is 3. The number of halogens is 1. The summed E-state index contributed by atoms with van der Waals surface area (Å²) in [4.78, 5) is 16.5. The minimum atomic E-state index is -0.423. The fraction of sp³-hybridized carbons (Fsp3) is 0.192. The summed E-state index contributed by atoms with van der Waals surface area (Å²) in [6.45, 7) is 0.385. The van der Waals surface area contributed by atoms with Gasteiger partial charge in [-0.2, -0.15) is 0 Å². The van der Waals surface area contributed by atoms with E-state index in [1.165, 1.54) is 0 Å². The van der Waals surface area contributed by atoms with Crippen LogP contribution in [0.2, 0.25) is 5.02 Å². The first-order valence-corrected chi connectivity index (χ1v) is 11.0. The molecule has 0 radical (unpaired) electrons. The predicted octanol–water partition coefficient (Wildman–Crippen LogP) is 4.76. The molecule has 0 unspecified atom stereocenters. The van der Waals surface area contributed by atoms with Gasteiger partial charge in [0, 0.05) is 28.5 Å². The van der Waals surface area contributed by atoms with Crippen molar-refractivity contribution in [3.63, 3.8) is 0 Å². The largest absolute Gasteiger partial charge is 0.492 e. The molecule has 5 rings (SSSR count). The van der Waals surface area contributed by atoms with E-state index in [4.69, 9.17) is 16.3 Å². The molecule has 162 valence electrons. The predicted molar refractivity (Wildman–Crippen MR) is 126 cm³/mol. The van der Waals surface area contributed by atoms with Gasteiger partial charge in [-0.25, -0.2) is 0 Å². The van der Waals surface area contributed by atoms with Crippen LogP contribution in [0.4, 0.5) is 0 Å². The van der Waals surface area contributed by atoms with Crippen molar-refractivity contribution in [2.75, 3.05) is 13.2 Å². The minimum absolute atomic E-state index is 0.164. The Morgan fingerprint density at radius 1 is 1.12 bits per heavy atom. The number of rotatable bonds is 6. The number of para-hydroxylation sites is 1. The molecule has 6 heteroatoms. The van der Waals surface area contributed by atoms with E-state index < -0.39 is 6.04 Å². The average Bonchev–Trinajstić information content (AvgIpc) is 3.45. The van der Waals surface area contributed by atoms with E-state index in [-0.39, 0.29) is 12.5 Å². The van der Waals surface area contributed by atoms with Crippen LogP contribution >= 0.6 is 11.6 Å². The lowest BCUT2D eigenvalue weighted by atomic mass is 9.97. The van der Waals surface area contributed by atoms with Gasteiger partial charge in [-0.05, 0) is 59.0 Å². The summed E-state index contributed by atoms with van der Waals surface area (Å²) >= 11 is 6.18. The van der Waals surface area contributed by atoms with E-state index in [9.17, 15) is 9.90 Å². The molecule has 0 saturated heterocycles. The molecule has 3 N–H and O–H groups in total. The molecular formula is C26H23ClN2O3. The van der Waals surface area contributed by atoms with Gasteiger partial charge in [0.1, 0.15) is 5.75 Å². The third kappa shape index (κ3) is 3.97. The summed E-state index contributed by atoms with van der Waals surface area (Å²) in [5.41, 5.74) is 5.43. The topological polar surface area (TPSA) is 74.4 Å². The Morgan fingerprint density at radius 3 is 2.84 bits per heavy atom. The summed E-state index contributed by atoms with van der Waals surface area (Å²) in [5, 5.41) is 14.7. The van der Waals surface area contributed by atoms with Crippen molar-refractivity contribution in [3.05, 3.63) is 88.6 Å². The number of aliphatic hydroxyl groups excluding tert-OH is 1. The number of H-pyrrole nitrogens is 1. The Labute approximate surface area is 191 Å². The van der Waals surface area contributed by atoms with Crippen LogP contribution < -0.4 is 10.1 Å². The zero-order chi connectivity index (χ0) is 22.1. The van der Waals surface area contributed by atoms with Crippen LogP contribution in [-0.2, 0) is 12.8 Å². The van der Waals surface area contributed by atoms with Crippen LogP contribution in [0.5, 0.6) is 5.75 Å². The van der Waals surface area contributed by atoms with Crippen LogP contribution in [0.15, 0.2) is 66.9 Å². The second-order valence-electron chi connectivity index (χ2n) is 8.04. The summed E-state index contributed by atoms with van der Waals surface area (Å²) in [5.74, 6) is 0.364.